The highest BCUT2D eigenvalue weighted by Crippen LogP contribution is 2.19. The molecule has 0 aliphatic rings. The van der Waals surface area contributed by atoms with Crippen LogP contribution in [0.3, 0.4) is 0 Å². The van der Waals surface area contributed by atoms with Gasteiger partial charge in [0.25, 0.3) is 0 Å². The smallest absolute Gasteiger partial charge is 0.241 e. The summed E-state index contributed by atoms with van der Waals surface area (Å²) in [7, 11) is 3.46. The summed E-state index contributed by atoms with van der Waals surface area (Å²) in [5.41, 5.74) is 2.84. The molecule has 2 heterocycles. The third kappa shape index (κ3) is 7.98. The molecule has 1 amide bonds. The van der Waals surface area contributed by atoms with Gasteiger partial charge in [-0.25, -0.2) is 9.98 Å². The van der Waals surface area contributed by atoms with Crippen LogP contribution in [-0.4, -0.2) is 48.9 Å². The lowest BCUT2D eigenvalue weighted by Crippen LogP contribution is -2.43. The monoisotopic (exact) mass is 553 g/mol. The van der Waals surface area contributed by atoms with Crippen LogP contribution < -0.4 is 10.6 Å². The summed E-state index contributed by atoms with van der Waals surface area (Å²) < 4.78 is 5.60. The van der Waals surface area contributed by atoms with E-state index in [1.807, 2.05) is 37.3 Å². The molecule has 2 aromatic heterocycles. The van der Waals surface area contributed by atoms with Crippen LogP contribution in [0.25, 0.3) is 11.5 Å². The number of guanidine groups is 1. The molecule has 31 heavy (non-hydrogen) atoms. The Balaban J connectivity index is 0.00000341. The molecular formula is C22H28IN5O2S. The van der Waals surface area contributed by atoms with Crippen molar-refractivity contribution in [3.8, 4) is 11.5 Å². The minimum Gasteiger partial charge on any atom is -0.444 e. The van der Waals surface area contributed by atoms with Crippen molar-refractivity contribution in [3.63, 3.8) is 0 Å². The molecule has 0 saturated carbocycles. The number of halogens is 1. The summed E-state index contributed by atoms with van der Waals surface area (Å²) in [4.78, 5) is 23.9. The fraction of sp³-hybridized carbons (Fsp3) is 0.318. The summed E-state index contributed by atoms with van der Waals surface area (Å²) in [5.74, 6) is 1.12. The van der Waals surface area contributed by atoms with Crippen LogP contribution in [0.1, 0.15) is 16.1 Å². The Kier molecular flexibility index (Phi) is 9.99. The fourth-order valence-electron chi connectivity index (χ4n) is 2.62. The number of amides is 1. The van der Waals surface area contributed by atoms with Gasteiger partial charge >= 0.3 is 0 Å². The minimum atomic E-state index is -0.0224. The van der Waals surface area contributed by atoms with Gasteiger partial charge in [-0.3, -0.25) is 4.79 Å². The Bertz CT molecular complexity index is 968. The van der Waals surface area contributed by atoms with Gasteiger partial charge in [0.1, 0.15) is 12.0 Å². The number of aryl methyl sites for hydroxylation is 1. The van der Waals surface area contributed by atoms with E-state index in [9.17, 15) is 4.79 Å². The summed E-state index contributed by atoms with van der Waals surface area (Å²) in [6.07, 6.45) is 2.51. The maximum atomic E-state index is 11.9. The number of nitrogens with one attached hydrogen (secondary N) is 2. The lowest BCUT2D eigenvalue weighted by Gasteiger charge is -2.14. The molecule has 0 bridgehead atoms. The van der Waals surface area contributed by atoms with E-state index in [-0.39, 0.29) is 36.4 Å². The van der Waals surface area contributed by atoms with E-state index in [1.165, 1.54) is 10.4 Å². The number of aromatic nitrogens is 1. The molecule has 0 spiro atoms. The van der Waals surface area contributed by atoms with Gasteiger partial charge in [-0.1, -0.05) is 23.8 Å². The largest absolute Gasteiger partial charge is 0.444 e. The molecule has 0 aliphatic heterocycles. The van der Waals surface area contributed by atoms with E-state index in [2.05, 4.69) is 32.1 Å². The van der Waals surface area contributed by atoms with E-state index in [0.29, 0.717) is 18.4 Å². The van der Waals surface area contributed by atoms with Crippen molar-refractivity contribution in [3.05, 3.63) is 64.2 Å². The van der Waals surface area contributed by atoms with E-state index in [1.54, 1.807) is 36.6 Å². The molecule has 0 saturated heterocycles. The predicted octanol–water partition coefficient (Wildman–Crippen LogP) is 3.70. The topological polar surface area (TPSA) is 82.8 Å². The molecule has 7 nitrogen and oxygen atoms in total. The first-order valence-corrected chi connectivity index (χ1v) is 10.7. The van der Waals surface area contributed by atoms with Crippen LogP contribution >= 0.6 is 35.3 Å². The normalized spacial score (nSPS) is 11.0. The van der Waals surface area contributed by atoms with Gasteiger partial charge in [-0.15, -0.1) is 35.3 Å². The number of hydrogen-bond donors (Lipinski definition) is 2. The number of benzene rings is 1. The van der Waals surface area contributed by atoms with E-state index >= 15 is 0 Å². The summed E-state index contributed by atoms with van der Waals surface area (Å²) in [5, 5.41) is 8.44. The van der Waals surface area contributed by atoms with Crippen molar-refractivity contribution < 1.29 is 9.21 Å². The van der Waals surface area contributed by atoms with Gasteiger partial charge in [0, 0.05) is 31.1 Å². The Hall–Kier alpha value is -2.40. The SMILES string of the molecule is Cc1ccc(-c2nc(CN=C(NCCc3cccs3)NCC(=O)N(C)C)co2)cc1.I. The van der Waals surface area contributed by atoms with Crippen molar-refractivity contribution in [1.82, 2.24) is 20.5 Å². The molecule has 1 aromatic carbocycles. The van der Waals surface area contributed by atoms with Crippen LogP contribution in [0.4, 0.5) is 0 Å². The number of carbonyl (C=O) groups is 1. The lowest BCUT2D eigenvalue weighted by molar-refractivity contribution is -0.127. The number of oxazole rings is 1. The Labute approximate surface area is 204 Å². The highest BCUT2D eigenvalue weighted by Gasteiger charge is 2.09. The maximum Gasteiger partial charge on any atom is 0.241 e. The van der Waals surface area contributed by atoms with Gasteiger partial charge in [-0.2, -0.15) is 0 Å². The van der Waals surface area contributed by atoms with Gasteiger partial charge in [0.05, 0.1) is 13.1 Å². The number of rotatable bonds is 8. The maximum absolute atomic E-state index is 11.9. The minimum absolute atomic E-state index is 0. The second-order valence-corrected chi connectivity index (χ2v) is 8.10. The first-order chi connectivity index (χ1) is 14.5. The highest BCUT2D eigenvalue weighted by molar-refractivity contribution is 14.0. The van der Waals surface area contributed by atoms with Crippen molar-refractivity contribution >= 4 is 47.2 Å². The number of carbonyl (C=O) groups excluding carboxylic acids is 1. The van der Waals surface area contributed by atoms with E-state index in [4.69, 9.17) is 4.42 Å². The lowest BCUT2D eigenvalue weighted by atomic mass is 10.1. The number of hydrogen-bond acceptors (Lipinski definition) is 5. The Morgan fingerprint density at radius 2 is 1.97 bits per heavy atom. The molecule has 3 aromatic rings. The fourth-order valence-corrected chi connectivity index (χ4v) is 3.33. The standard InChI is InChI=1S/C22H27N5O2S.HI/c1-16-6-8-17(9-7-16)21-26-18(15-29-21)13-24-22(25-14-20(28)27(2)3)23-11-10-19-5-4-12-30-19;/h4-9,12,15H,10-11,13-14H2,1-3H3,(H2,23,24,25);1H. The quantitative estimate of drug-likeness (QED) is 0.253. The van der Waals surface area contributed by atoms with Crippen molar-refractivity contribution in [1.29, 1.82) is 0 Å². The van der Waals surface area contributed by atoms with Crippen LogP contribution in [-0.2, 0) is 17.8 Å². The molecule has 9 heteroatoms. The number of likely N-dealkylation sites (N-methyl/N-ethyl adjacent to an activating group) is 1. The second-order valence-electron chi connectivity index (χ2n) is 7.07. The van der Waals surface area contributed by atoms with E-state index < -0.39 is 0 Å². The molecule has 0 aliphatic carbocycles. The van der Waals surface area contributed by atoms with Gasteiger partial charge in [0.2, 0.25) is 11.8 Å². The van der Waals surface area contributed by atoms with Gasteiger partial charge in [-0.05, 0) is 36.9 Å². The molecule has 0 fully saturated rings. The molecule has 0 atom stereocenters. The average molecular weight is 553 g/mol. The molecule has 2 N–H and O–H groups in total. The zero-order chi connectivity index (χ0) is 21.3. The second kappa shape index (κ2) is 12.5. The first kappa shape index (κ1) is 24.9. The molecular weight excluding hydrogens is 525 g/mol. The Morgan fingerprint density at radius 3 is 2.65 bits per heavy atom. The number of nitrogens with zero attached hydrogens (tertiary/aromatic N) is 3. The van der Waals surface area contributed by atoms with Gasteiger partial charge < -0.3 is 20.0 Å². The van der Waals surface area contributed by atoms with Crippen molar-refractivity contribution in [2.45, 2.75) is 19.9 Å². The summed E-state index contributed by atoms with van der Waals surface area (Å²) >= 11 is 1.73. The van der Waals surface area contributed by atoms with Crippen molar-refractivity contribution in [2.75, 3.05) is 27.2 Å². The average Bonchev–Trinajstić information content (AvgIpc) is 3.42. The van der Waals surface area contributed by atoms with Crippen molar-refractivity contribution in [2.24, 2.45) is 4.99 Å². The zero-order valence-electron chi connectivity index (χ0n) is 17.9. The molecule has 0 unspecified atom stereocenters. The number of thiophene rings is 1. The van der Waals surface area contributed by atoms with E-state index in [0.717, 1.165) is 24.2 Å². The summed E-state index contributed by atoms with van der Waals surface area (Å²) in [6.45, 7) is 3.28. The summed E-state index contributed by atoms with van der Waals surface area (Å²) in [6, 6.07) is 12.2. The molecule has 0 radical (unpaired) electrons. The van der Waals surface area contributed by atoms with Gasteiger partial charge in [0.15, 0.2) is 5.96 Å². The van der Waals surface area contributed by atoms with Crippen LogP contribution in [0.15, 0.2) is 57.5 Å². The van der Waals surface area contributed by atoms with Crippen LogP contribution in [0, 0.1) is 6.92 Å². The first-order valence-electron chi connectivity index (χ1n) is 9.77. The number of aliphatic imine (C=N–C) groups is 1. The molecule has 3 rings (SSSR count). The predicted molar refractivity (Wildman–Crippen MR) is 136 cm³/mol. The third-order valence-electron chi connectivity index (χ3n) is 4.40. The Morgan fingerprint density at radius 1 is 1.19 bits per heavy atom. The molecule has 166 valence electrons. The third-order valence-corrected chi connectivity index (χ3v) is 5.34. The highest BCUT2D eigenvalue weighted by atomic mass is 127. The van der Waals surface area contributed by atoms with Crippen LogP contribution in [0.5, 0.6) is 0 Å². The van der Waals surface area contributed by atoms with Crippen LogP contribution in [0.2, 0.25) is 0 Å². The zero-order valence-corrected chi connectivity index (χ0v) is 21.1.